The van der Waals surface area contributed by atoms with E-state index in [1.165, 1.54) is 0 Å². The number of amides is 1. The van der Waals surface area contributed by atoms with Gasteiger partial charge in [-0.05, 0) is 40.1 Å². The van der Waals surface area contributed by atoms with E-state index in [1.54, 1.807) is 18.0 Å². The van der Waals surface area contributed by atoms with E-state index < -0.39 is 0 Å². The number of rotatable bonds is 4. The number of ether oxygens (including phenoxy) is 2. The molecule has 4 heteroatoms. The fraction of sp³-hybridized carbons (Fsp3) is 0.136. The summed E-state index contributed by atoms with van der Waals surface area (Å²) in [7, 11) is 1.79. The third-order valence-electron chi connectivity index (χ3n) is 4.46. The molecule has 0 spiro atoms. The molecule has 1 aliphatic rings. The van der Waals surface area contributed by atoms with E-state index in [-0.39, 0.29) is 12.7 Å². The Kier molecular flexibility index (Phi) is 4.32. The van der Waals surface area contributed by atoms with Crippen molar-refractivity contribution < 1.29 is 14.3 Å². The molecule has 1 amide bonds. The molecule has 0 unspecified atom stereocenters. The minimum Gasteiger partial charge on any atom is -0.454 e. The van der Waals surface area contributed by atoms with Crippen LogP contribution in [0.3, 0.4) is 0 Å². The number of carbonyl (C=O) groups excluding carboxylic acids is 1. The fourth-order valence-electron chi connectivity index (χ4n) is 3.08. The van der Waals surface area contributed by atoms with Crippen LogP contribution < -0.4 is 9.47 Å². The molecular formula is C22H19NO3. The normalized spacial score (nSPS) is 12.7. The van der Waals surface area contributed by atoms with E-state index in [0.29, 0.717) is 6.54 Å². The molecule has 3 aromatic rings. The standard InChI is InChI=1S/C22H19NO3/c1-23(14-16-9-11-20-21(13-16)26-15-25-20)22(24)12-10-18-7-4-6-17-5-2-3-8-19(17)18/h2-13H,14-15H2,1H3/b12-10+. The maximum absolute atomic E-state index is 12.5. The number of benzene rings is 3. The molecule has 3 aromatic carbocycles. The maximum Gasteiger partial charge on any atom is 0.246 e. The molecule has 1 aliphatic heterocycles. The molecule has 130 valence electrons. The predicted octanol–water partition coefficient (Wildman–Crippen LogP) is 4.24. The number of hydrogen-bond acceptors (Lipinski definition) is 3. The van der Waals surface area contributed by atoms with Gasteiger partial charge in [0.25, 0.3) is 0 Å². The molecule has 0 aromatic heterocycles. The van der Waals surface area contributed by atoms with Crippen LogP contribution in [0.1, 0.15) is 11.1 Å². The average molecular weight is 345 g/mol. The van der Waals surface area contributed by atoms with Crippen LogP contribution in [-0.2, 0) is 11.3 Å². The molecule has 26 heavy (non-hydrogen) atoms. The zero-order valence-corrected chi connectivity index (χ0v) is 14.5. The van der Waals surface area contributed by atoms with Crippen molar-refractivity contribution >= 4 is 22.8 Å². The minimum atomic E-state index is -0.0457. The molecule has 4 nitrogen and oxygen atoms in total. The summed E-state index contributed by atoms with van der Waals surface area (Å²) in [5, 5.41) is 2.30. The Morgan fingerprint density at radius 3 is 2.77 bits per heavy atom. The van der Waals surface area contributed by atoms with Gasteiger partial charge < -0.3 is 14.4 Å². The summed E-state index contributed by atoms with van der Waals surface area (Å²) in [5.41, 5.74) is 2.04. The second-order valence-electron chi connectivity index (χ2n) is 6.28. The average Bonchev–Trinajstić information content (AvgIpc) is 3.13. The van der Waals surface area contributed by atoms with Crippen LogP contribution in [0.15, 0.2) is 66.7 Å². The summed E-state index contributed by atoms with van der Waals surface area (Å²) in [6.07, 6.45) is 3.50. The lowest BCUT2D eigenvalue weighted by Crippen LogP contribution is -2.24. The third kappa shape index (κ3) is 3.26. The van der Waals surface area contributed by atoms with Gasteiger partial charge in [-0.2, -0.15) is 0 Å². The Balaban J connectivity index is 1.47. The van der Waals surface area contributed by atoms with Crippen LogP contribution >= 0.6 is 0 Å². The van der Waals surface area contributed by atoms with Gasteiger partial charge in [0.1, 0.15) is 0 Å². The molecule has 0 bridgehead atoms. The van der Waals surface area contributed by atoms with E-state index in [9.17, 15) is 4.79 Å². The first-order chi connectivity index (χ1) is 12.7. The van der Waals surface area contributed by atoms with Crippen molar-refractivity contribution in [2.75, 3.05) is 13.8 Å². The van der Waals surface area contributed by atoms with Gasteiger partial charge in [-0.25, -0.2) is 0 Å². The number of nitrogens with zero attached hydrogens (tertiary/aromatic N) is 1. The van der Waals surface area contributed by atoms with Gasteiger partial charge in [0.2, 0.25) is 12.7 Å². The first kappa shape index (κ1) is 16.2. The van der Waals surface area contributed by atoms with Gasteiger partial charge >= 0.3 is 0 Å². The van der Waals surface area contributed by atoms with Gasteiger partial charge in [0.05, 0.1) is 0 Å². The topological polar surface area (TPSA) is 38.8 Å². The summed E-state index contributed by atoms with van der Waals surface area (Å²) in [6.45, 7) is 0.761. The largest absolute Gasteiger partial charge is 0.454 e. The number of hydrogen-bond donors (Lipinski definition) is 0. The van der Waals surface area contributed by atoms with Gasteiger partial charge in [-0.15, -0.1) is 0 Å². The Bertz CT molecular complexity index is 988. The van der Waals surface area contributed by atoms with Crippen molar-refractivity contribution in [2.24, 2.45) is 0 Å². The van der Waals surface area contributed by atoms with Crippen LogP contribution in [-0.4, -0.2) is 24.6 Å². The quantitative estimate of drug-likeness (QED) is 0.664. The van der Waals surface area contributed by atoms with Crippen molar-refractivity contribution in [3.8, 4) is 11.5 Å². The SMILES string of the molecule is CN(Cc1ccc2c(c1)OCO2)C(=O)/C=C/c1cccc2ccccc12. The van der Waals surface area contributed by atoms with Crippen molar-refractivity contribution in [3.05, 3.63) is 77.9 Å². The molecule has 1 heterocycles. The van der Waals surface area contributed by atoms with E-state index in [4.69, 9.17) is 9.47 Å². The van der Waals surface area contributed by atoms with Crippen molar-refractivity contribution in [2.45, 2.75) is 6.54 Å². The summed E-state index contributed by atoms with van der Waals surface area (Å²) in [4.78, 5) is 14.2. The highest BCUT2D eigenvalue weighted by atomic mass is 16.7. The predicted molar refractivity (Wildman–Crippen MR) is 102 cm³/mol. The summed E-state index contributed by atoms with van der Waals surface area (Å²) in [5.74, 6) is 1.43. The zero-order chi connectivity index (χ0) is 17.9. The number of likely N-dealkylation sites (N-methyl/N-ethyl adjacent to an activating group) is 1. The van der Waals surface area contributed by atoms with Crippen LogP contribution in [0.2, 0.25) is 0 Å². The highest BCUT2D eigenvalue weighted by Crippen LogP contribution is 2.32. The maximum atomic E-state index is 12.5. The molecule has 0 radical (unpaired) electrons. The van der Waals surface area contributed by atoms with Crippen LogP contribution in [0.25, 0.3) is 16.8 Å². The number of carbonyl (C=O) groups is 1. The Morgan fingerprint density at radius 1 is 1.04 bits per heavy atom. The lowest BCUT2D eigenvalue weighted by atomic mass is 10.0. The first-order valence-corrected chi connectivity index (χ1v) is 8.50. The molecule has 0 saturated carbocycles. The smallest absolute Gasteiger partial charge is 0.246 e. The zero-order valence-electron chi connectivity index (χ0n) is 14.5. The van der Waals surface area contributed by atoms with Crippen LogP contribution in [0.5, 0.6) is 11.5 Å². The first-order valence-electron chi connectivity index (χ1n) is 8.50. The minimum absolute atomic E-state index is 0.0457. The van der Waals surface area contributed by atoms with Crippen LogP contribution in [0.4, 0.5) is 0 Å². The van der Waals surface area contributed by atoms with Crippen molar-refractivity contribution in [3.63, 3.8) is 0 Å². The van der Waals surface area contributed by atoms with Crippen LogP contribution in [0, 0.1) is 0 Å². The molecule has 0 atom stereocenters. The molecule has 0 aliphatic carbocycles. The van der Waals surface area contributed by atoms with Crippen molar-refractivity contribution in [1.29, 1.82) is 0 Å². The molecule has 4 rings (SSSR count). The van der Waals surface area contributed by atoms with Gasteiger partial charge in [0.15, 0.2) is 11.5 Å². The van der Waals surface area contributed by atoms with Crippen molar-refractivity contribution in [1.82, 2.24) is 4.90 Å². The summed E-state index contributed by atoms with van der Waals surface area (Å²) in [6, 6.07) is 20.0. The molecule has 0 fully saturated rings. The lowest BCUT2D eigenvalue weighted by Gasteiger charge is -2.15. The van der Waals surface area contributed by atoms with Gasteiger partial charge in [-0.3, -0.25) is 4.79 Å². The third-order valence-corrected chi connectivity index (χ3v) is 4.46. The Labute approximate surface area is 152 Å². The fourth-order valence-corrected chi connectivity index (χ4v) is 3.08. The summed E-state index contributed by atoms with van der Waals surface area (Å²) < 4.78 is 10.7. The van der Waals surface area contributed by atoms with Gasteiger partial charge in [0, 0.05) is 19.7 Å². The molecule has 0 N–H and O–H groups in total. The molecule has 0 saturated heterocycles. The highest BCUT2D eigenvalue weighted by molar-refractivity contribution is 5.96. The highest BCUT2D eigenvalue weighted by Gasteiger charge is 2.14. The van der Waals surface area contributed by atoms with E-state index in [0.717, 1.165) is 33.4 Å². The number of fused-ring (bicyclic) bond motifs is 2. The Morgan fingerprint density at radius 2 is 1.85 bits per heavy atom. The van der Waals surface area contributed by atoms with Gasteiger partial charge in [-0.1, -0.05) is 48.5 Å². The second kappa shape index (κ2) is 6.92. The van der Waals surface area contributed by atoms with E-state index in [1.807, 2.05) is 48.5 Å². The molecular weight excluding hydrogens is 326 g/mol. The monoisotopic (exact) mass is 345 g/mol. The van der Waals surface area contributed by atoms with E-state index >= 15 is 0 Å². The second-order valence-corrected chi connectivity index (χ2v) is 6.28. The Hall–Kier alpha value is -3.27. The van der Waals surface area contributed by atoms with E-state index in [2.05, 4.69) is 18.2 Å². The lowest BCUT2D eigenvalue weighted by molar-refractivity contribution is -0.125. The summed E-state index contributed by atoms with van der Waals surface area (Å²) >= 11 is 0.